The van der Waals surface area contributed by atoms with Crippen molar-refractivity contribution in [3.63, 3.8) is 0 Å². The fraction of sp³-hybridized carbons (Fsp3) is 0.227. The standard InChI is InChI=1S/C19H20N4.C3H6/c1-2-3-14-20-19-22-17(15-10-6-4-7-11-15)21-18(23-19)16-12-8-5-9-13-16;1-3-2/h2-4,6-8,10-13H,5,9,14H2,1H3,(H,20,21,22,23);3H,1H2,2H3/b3-2-;. The van der Waals surface area contributed by atoms with E-state index in [0.29, 0.717) is 18.3 Å². The van der Waals surface area contributed by atoms with Gasteiger partial charge in [0.15, 0.2) is 11.6 Å². The molecule has 0 amide bonds. The molecule has 0 aliphatic heterocycles. The molecule has 1 aliphatic carbocycles. The van der Waals surface area contributed by atoms with Gasteiger partial charge in [-0.2, -0.15) is 9.97 Å². The number of nitrogens with one attached hydrogen (secondary N) is 1. The summed E-state index contributed by atoms with van der Waals surface area (Å²) in [6.07, 6.45) is 14.3. The molecule has 1 aromatic heterocycles. The third kappa shape index (κ3) is 5.81. The van der Waals surface area contributed by atoms with Gasteiger partial charge >= 0.3 is 0 Å². The minimum Gasteiger partial charge on any atom is -0.351 e. The van der Waals surface area contributed by atoms with Crippen LogP contribution in [0, 0.1) is 0 Å². The van der Waals surface area contributed by atoms with Gasteiger partial charge < -0.3 is 5.32 Å². The van der Waals surface area contributed by atoms with E-state index >= 15 is 0 Å². The predicted molar refractivity (Wildman–Crippen MR) is 111 cm³/mol. The number of hydrogen-bond donors (Lipinski definition) is 1. The average molecular weight is 346 g/mol. The molecule has 4 nitrogen and oxygen atoms in total. The lowest BCUT2D eigenvalue weighted by Crippen LogP contribution is -2.08. The Morgan fingerprint density at radius 2 is 1.77 bits per heavy atom. The minimum atomic E-state index is 0.604. The number of benzene rings is 1. The number of hydrogen-bond acceptors (Lipinski definition) is 4. The van der Waals surface area contributed by atoms with E-state index in [1.807, 2.05) is 56.3 Å². The summed E-state index contributed by atoms with van der Waals surface area (Å²) in [6, 6.07) is 10.0. The van der Waals surface area contributed by atoms with E-state index in [1.54, 1.807) is 6.08 Å². The minimum absolute atomic E-state index is 0.604. The topological polar surface area (TPSA) is 50.7 Å². The first kappa shape index (κ1) is 19.3. The molecule has 0 fully saturated rings. The van der Waals surface area contributed by atoms with E-state index in [2.05, 4.69) is 45.1 Å². The molecule has 3 rings (SSSR count). The zero-order valence-electron chi connectivity index (χ0n) is 15.5. The van der Waals surface area contributed by atoms with Crippen LogP contribution in [0.2, 0.25) is 0 Å². The second-order valence-electron chi connectivity index (χ2n) is 5.67. The molecule has 0 unspecified atom stereocenters. The Hall–Kier alpha value is -3.01. The van der Waals surface area contributed by atoms with Crippen LogP contribution in [0.15, 0.2) is 73.4 Å². The maximum Gasteiger partial charge on any atom is 0.227 e. The van der Waals surface area contributed by atoms with Crippen molar-refractivity contribution < 1.29 is 0 Å². The first-order chi connectivity index (χ1) is 12.8. The number of anilines is 1. The maximum atomic E-state index is 4.66. The predicted octanol–water partition coefficient (Wildman–Crippen LogP) is 5.45. The van der Waals surface area contributed by atoms with Gasteiger partial charge in [-0.25, -0.2) is 4.98 Å². The fourth-order valence-electron chi connectivity index (χ4n) is 2.35. The van der Waals surface area contributed by atoms with E-state index in [9.17, 15) is 0 Å². The summed E-state index contributed by atoms with van der Waals surface area (Å²) < 4.78 is 0. The highest BCUT2D eigenvalue weighted by Gasteiger charge is 2.11. The summed E-state index contributed by atoms with van der Waals surface area (Å²) in [7, 11) is 0. The number of allylic oxidation sites excluding steroid dienone is 6. The molecule has 134 valence electrons. The van der Waals surface area contributed by atoms with Gasteiger partial charge in [0.05, 0.1) is 0 Å². The second-order valence-corrected chi connectivity index (χ2v) is 5.67. The van der Waals surface area contributed by atoms with Gasteiger partial charge in [-0.3, -0.25) is 0 Å². The van der Waals surface area contributed by atoms with Crippen molar-refractivity contribution in [3.05, 3.63) is 79.2 Å². The third-order valence-corrected chi connectivity index (χ3v) is 3.53. The average Bonchev–Trinajstić information content (AvgIpc) is 2.70. The summed E-state index contributed by atoms with van der Waals surface area (Å²) in [5.74, 6) is 2.02. The van der Waals surface area contributed by atoms with E-state index in [0.717, 1.165) is 29.8 Å². The Bertz CT molecular complexity index is 789. The molecule has 1 aromatic carbocycles. The Morgan fingerprint density at radius 1 is 1.04 bits per heavy atom. The second kappa shape index (κ2) is 10.8. The third-order valence-electron chi connectivity index (χ3n) is 3.53. The summed E-state index contributed by atoms with van der Waals surface area (Å²) in [5, 5.41) is 3.23. The van der Waals surface area contributed by atoms with E-state index in [4.69, 9.17) is 0 Å². The van der Waals surface area contributed by atoms with Crippen molar-refractivity contribution in [2.45, 2.75) is 26.7 Å². The van der Waals surface area contributed by atoms with Crippen molar-refractivity contribution in [3.8, 4) is 11.4 Å². The fourth-order valence-corrected chi connectivity index (χ4v) is 2.35. The Kier molecular flexibility index (Phi) is 8.00. The van der Waals surface area contributed by atoms with E-state index in [-0.39, 0.29) is 0 Å². The van der Waals surface area contributed by atoms with Gasteiger partial charge in [0.2, 0.25) is 5.95 Å². The molecule has 0 bridgehead atoms. The quantitative estimate of drug-likeness (QED) is 0.731. The highest BCUT2D eigenvalue weighted by molar-refractivity contribution is 5.72. The molecule has 0 radical (unpaired) electrons. The lowest BCUT2D eigenvalue weighted by Gasteiger charge is -2.10. The van der Waals surface area contributed by atoms with Crippen LogP contribution in [-0.4, -0.2) is 21.5 Å². The zero-order valence-corrected chi connectivity index (χ0v) is 15.5. The largest absolute Gasteiger partial charge is 0.351 e. The van der Waals surface area contributed by atoms with Crippen molar-refractivity contribution in [2.75, 3.05) is 11.9 Å². The van der Waals surface area contributed by atoms with Gasteiger partial charge in [-0.1, -0.05) is 66.8 Å². The van der Waals surface area contributed by atoms with Crippen molar-refractivity contribution in [1.82, 2.24) is 15.0 Å². The highest BCUT2D eigenvalue weighted by Crippen LogP contribution is 2.22. The van der Waals surface area contributed by atoms with Crippen LogP contribution in [0.5, 0.6) is 0 Å². The van der Waals surface area contributed by atoms with E-state index in [1.165, 1.54) is 0 Å². The number of rotatable bonds is 5. The lowest BCUT2D eigenvalue weighted by atomic mass is 10.1. The van der Waals surface area contributed by atoms with Gasteiger partial charge in [0, 0.05) is 17.7 Å². The molecule has 0 spiro atoms. The summed E-state index contributed by atoms with van der Waals surface area (Å²) in [6.45, 7) is 7.94. The summed E-state index contributed by atoms with van der Waals surface area (Å²) in [4.78, 5) is 13.8. The zero-order chi connectivity index (χ0) is 18.6. The summed E-state index contributed by atoms with van der Waals surface area (Å²) in [5.41, 5.74) is 2.05. The highest BCUT2D eigenvalue weighted by atomic mass is 15.2. The normalized spacial score (nSPS) is 12.9. The Balaban J connectivity index is 0.000000758. The van der Waals surface area contributed by atoms with Gasteiger partial charge in [-0.15, -0.1) is 6.58 Å². The first-order valence-electron chi connectivity index (χ1n) is 8.89. The van der Waals surface area contributed by atoms with Crippen LogP contribution in [-0.2, 0) is 0 Å². The molecule has 0 saturated carbocycles. The molecular weight excluding hydrogens is 320 g/mol. The smallest absolute Gasteiger partial charge is 0.227 e. The molecule has 1 N–H and O–H groups in total. The van der Waals surface area contributed by atoms with Crippen LogP contribution in [0.3, 0.4) is 0 Å². The van der Waals surface area contributed by atoms with Crippen molar-refractivity contribution in [2.24, 2.45) is 0 Å². The van der Waals surface area contributed by atoms with Crippen molar-refractivity contribution >= 4 is 11.5 Å². The van der Waals surface area contributed by atoms with E-state index < -0.39 is 0 Å². The van der Waals surface area contributed by atoms with Gasteiger partial charge in [0.1, 0.15) is 0 Å². The molecule has 0 saturated heterocycles. The number of aromatic nitrogens is 3. The molecule has 4 heteroatoms. The van der Waals surface area contributed by atoms with Crippen LogP contribution in [0.1, 0.15) is 32.5 Å². The Labute approximate surface area is 156 Å². The molecule has 0 atom stereocenters. The maximum absolute atomic E-state index is 4.66. The monoisotopic (exact) mass is 346 g/mol. The Morgan fingerprint density at radius 3 is 2.42 bits per heavy atom. The van der Waals surface area contributed by atoms with Crippen molar-refractivity contribution in [1.29, 1.82) is 0 Å². The van der Waals surface area contributed by atoms with Crippen LogP contribution in [0.25, 0.3) is 17.0 Å². The summed E-state index contributed by atoms with van der Waals surface area (Å²) >= 11 is 0. The first-order valence-corrected chi connectivity index (χ1v) is 8.89. The molecular formula is C22H26N4. The molecule has 26 heavy (non-hydrogen) atoms. The molecule has 1 heterocycles. The van der Waals surface area contributed by atoms with Crippen LogP contribution < -0.4 is 5.32 Å². The molecule has 2 aromatic rings. The lowest BCUT2D eigenvalue weighted by molar-refractivity contribution is 0.995. The van der Waals surface area contributed by atoms with Crippen LogP contribution in [0.4, 0.5) is 5.95 Å². The number of nitrogens with zero attached hydrogens (tertiary/aromatic N) is 3. The van der Waals surface area contributed by atoms with Gasteiger partial charge in [-0.05, 0) is 26.7 Å². The van der Waals surface area contributed by atoms with Gasteiger partial charge in [0.25, 0.3) is 0 Å². The molecule has 1 aliphatic rings. The van der Waals surface area contributed by atoms with Crippen LogP contribution >= 0.6 is 0 Å². The SMILES string of the molecule is C/C=C\CNc1nc(C2=CCCC=C2)nc(-c2ccccc2)n1.C=CC.